The molecule has 1 aromatic carbocycles. The van der Waals surface area contributed by atoms with Crippen molar-refractivity contribution in [1.29, 1.82) is 0 Å². The first-order valence-electron chi connectivity index (χ1n) is 8.90. The lowest BCUT2D eigenvalue weighted by molar-refractivity contribution is 0.0172. The van der Waals surface area contributed by atoms with Gasteiger partial charge < -0.3 is 9.47 Å². The molecule has 0 saturated carbocycles. The Morgan fingerprint density at radius 3 is 3.00 bits per heavy atom. The Balaban J connectivity index is 1.40. The third-order valence-corrected chi connectivity index (χ3v) is 6.23. The first kappa shape index (κ1) is 16.1. The Kier molecular flexibility index (Phi) is 4.88. The van der Waals surface area contributed by atoms with Crippen LogP contribution in [0, 0.1) is 0 Å². The van der Waals surface area contributed by atoms with Crippen LogP contribution >= 0.6 is 11.3 Å². The van der Waals surface area contributed by atoms with Crippen molar-refractivity contribution in [3.05, 3.63) is 51.2 Å². The van der Waals surface area contributed by atoms with E-state index in [1.807, 2.05) is 11.3 Å². The van der Waals surface area contributed by atoms with E-state index in [9.17, 15) is 0 Å². The number of benzene rings is 1. The fraction of sp³-hybridized carbons (Fsp3) is 0.500. The lowest BCUT2D eigenvalue weighted by atomic mass is 9.99. The predicted molar refractivity (Wildman–Crippen MR) is 97.7 cm³/mol. The van der Waals surface area contributed by atoms with Gasteiger partial charge in [-0.05, 0) is 61.1 Å². The minimum absolute atomic E-state index is 0.340. The van der Waals surface area contributed by atoms with Crippen molar-refractivity contribution in [3.63, 3.8) is 0 Å². The average molecular weight is 343 g/mol. The molecule has 3 heterocycles. The van der Waals surface area contributed by atoms with Gasteiger partial charge in [0.05, 0.1) is 13.2 Å². The normalized spacial score (nSPS) is 21.5. The van der Waals surface area contributed by atoms with Gasteiger partial charge in [0, 0.05) is 36.0 Å². The van der Waals surface area contributed by atoms with E-state index in [2.05, 4.69) is 35.2 Å². The Morgan fingerprint density at radius 2 is 2.17 bits per heavy atom. The molecule has 0 aliphatic carbocycles. The zero-order chi connectivity index (χ0) is 16.4. The van der Waals surface area contributed by atoms with Crippen molar-refractivity contribution < 1.29 is 9.47 Å². The molecule has 4 heteroatoms. The Labute approximate surface area is 148 Å². The fourth-order valence-corrected chi connectivity index (χ4v) is 4.83. The number of hydrogen-bond acceptors (Lipinski definition) is 4. The van der Waals surface area contributed by atoms with Crippen LogP contribution in [-0.4, -0.2) is 25.2 Å². The van der Waals surface area contributed by atoms with E-state index in [4.69, 9.17) is 9.47 Å². The molecule has 2 aromatic rings. The van der Waals surface area contributed by atoms with Crippen molar-refractivity contribution in [2.24, 2.45) is 0 Å². The molecule has 0 N–H and O–H groups in total. The molecule has 4 rings (SSSR count). The molecule has 1 fully saturated rings. The van der Waals surface area contributed by atoms with E-state index >= 15 is 0 Å². The second-order valence-corrected chi connectivity index (χ2v) is 7.95. The Bertz CT molecular complexity index is 691. The van der Waals surface area contributed by atoms with Crippen LogP contribution in [0.15, 0.2) is 30.3 Å². The first-order chi connectivity index (χ1) is 11.8. The lowest BCUT2D eigenvalue weighted by Crippen LogP contribution is -2.29. The molecule has 24 heavy (non-hydrogen) atoms. The van der Waals surface area contributed by atoms with Crippen LogP contribution < -0.4 is 4.74 Å². The number of ether oxygens (including phenoxy) is 2. The van der Waals surface area contributed by atoms with E-state index < -0.39 is 0 Å². The number of hydrogen-bond donors (Lipinski definition) is 0. The number of methoxy groups -OCH3 is 1. The predicted octanol–water partition coefficient (Wildman–Crippen LogP) is 4.56. The highest BCUT2D eigenvalue weighted by molar-refractivity contribution is 7.12. The van der Waals surface area contributed by atoms with E-state index in [1.165, 1.54) is 40.1 Å². The summed E-state index contributed by atoms with van der Waals surface area (Å²) in [5.74, 6) is 0.970. The van der Waals surface area contributed by atoms with Crippen LogP contribution in [0.5, 0.6) is 5.75 Å². The number of thiophene rings is 1. The molecule has 2 aliphatic heterocycles. The lowest BCUT2D eigenvalue weighted by Gasteiger charge is -2.28. The Morgan fingerprint density at radius 1 is 1.21 bits per heavy atom. The SMILES string of the molecule is COc1ccc2c(c1)CCN(Cc1ccc([C@H]3CCCCO3)s1)C2. The summed E-state index contributed by atoms with van der Waals surface area (Å²) in [5.41, 5.74) is 2.88. The van der Waals surface area contributed by atoms with Crippen molar-refractivity contribution in [2.45, 2.75) is 44.9 Å². The molecule has 0 amide bonds. The van der Waals surface area contributed by atoms with Gasteiger partial charge in [-0.3, -0.25) is 4.90 Å². The molecule has 0 unspecified atom stereocenters. The van der Waals surface area contributed by atoms with Crippen LogP contribution in [0.1, 0.15) is 46.2 Å². The minimum Gasteiger partial charge on any atom is -0.497 e. The largest absolute Gasteiger partial charge is 0.497 e. The molecular weight excluding hydrogens is 318 g/mol. The summed E-state index contributed by atoms with van der Waals surface area (Å²) < 4.78 is 11.3. The van der Waals surface area contributed by atoms with Crippen molar-refractivity contribution in [2.75, 3.05) is 20.3 Å². The molecule has 0 bridgehead atoms. The highest BCUT2D eigenvalue weighted by Gasteiger charge is 2.20. The zero-order valence-corrected chi connectivity index (χ0v) is 15.1. The zero-order valence-electron chi connectivity index (χ0n) is 14.3. The number of fused-ring (bicyclic) bond motifs is 1. The molecule has 0 radical (unpaired) electrons. The van der Waals surface area contributed by atoms with Gasteiger partial charge in [0.25, 0.3) is 0 Å². The topological polar surface area (TPSA) is 21.7 Å². The van der Waals surface area contributed by atoms with Crippen molar-refractivity contribution >= 4 is 11.3 Å². The molecule has 1 atom stereocenters. The van der Waals surface area contributed by atoms with Crippen LogP contribution in [0.4, 0.5) is 0 Å². The maximum Gasteiger partial charge on any atom is 0.119 e. The highest BCUT2D eigenvalue weighted by atomic mass is 32.1. The molecule has 1 saturated heterocycles. The molecule has 1 aromatic heterocycles. The Hall–Kier alpha value is -1.36. The van der Waals surface area contributed by atoms with Gasteiger partial charge in [-0.25, -0.2) is 0 Å². The van der Waals surface area contributed by atoms with Crippen LogP contribution in [0.25, 0.3) is 0 Å². The maximum absolute atomic E-state index is 5.92. The molecular formula is C20H25NO2S. The van der Waals surface area contributed by atoms with Crippen molar-refractivity contribution in [3.8, 4) is 5.75 Å². The summed E-state index contributed by atoms with van der Waals surface area (Å²) in [7, 11) is 1.74. The third-order valence-electron chi connectivity index (χ3n) is 5.06. The second kappa shape index (κ2) is 7.26. The third kappa shape index (κ3) is 3.51. The van der Waals surface area contributed by atoms with Gasteiger partial charge in [0.1, 0.15) is 5.75 Å². The summed E-state index contributed by atoms with van der Waals surface area (Å²) in [6.45, 7) is 4.12. The second-order valence-electron chi connectivity index (χ2n) is 6.75. The highest BCUT2D eigenvalue weighted by Crippen LogP contribution is 2.33. The van der Waals surface area contributed by atoms with Gasteiger partial charge in [-0.2, -0.15) is 0 Å². The fourth-order valence-electron chi connectivity index (χ4n) is 3.69. The molecule has 128 valence electrons. The van der Waals surface area contributed by atoms with Gasteiger partial charge >= 0.3 is 0 Å². The van der Waals surface area contributed by atoms with Gasteiger partial charge in [0.15, 0.2) is 0 Å². The molecule has 0 spiro atoms. The molecule has 3 nitrogen and oxygen atoms in total. The van der Waals surface area contributed by atoms with Gasteiger partial charge in [-0.1, -0.05) is 6.07 Å². The monoisotopic (exact) mass is 343 g/mol. The number of rotatable bonds is 4. The first-order valence-corrected chi connectivity index (χ1v) is 9.72. The summed E-state index contributed by atoms with van der Waals surface area (Å²) in [5, 5.41) is 0. The van der Waals surface area contributed by atoms with Gasteiger partial charge in [-0.15, -0.1) is 11.3 Å². The van der Waals surface area contributed by atoms with Crippen LogP contribution in [0.3, 0.4) is 0 Å². The summed E-state index contributed by atoms with van der Waals surface area (Å²) in [6.07, 6.45) is 5.14. The smallest absolute Gasteiger partial charge is 0.119 e. The maximum atomic E-state index is 5.92. The summed E-state index contributed by atoms with van der Waals surface area (Å²) >= 11 is 1.93. The summed E-state index contributed by atoms with van der Waals surface area (Å²) in [6, 6.07) is 11.1. The minimum atomic E-state index is 0.340. The van der Waals surface area contributed by atoms with Gasteiger partial charge in [0.2, 0.25) is 0 Å². The summed E-state index contributed by atoms with van der Waals surface area (Å²) in [4.78, 5) is 5.41. The quantitative estimate of drug-likeness (QED) is 0.812. The number of nitrogens with zero attached hydrogens (tertiary/aromatic N) is 1. The van der Waals surface area contributed by atoms with E-state index in [0.717, 1.165) is 38.4 Å². The standard InChI is InChI=1S/C20H25NO2S/c1-22-17-6-5-16-13-21(10-9-15(16)12-17)14-18-7-8-20(24-18)19-4-2-3-11-23-19/h5-8,12,19H,2-4,9-11,13-14H2,1H3/t19-/m1/s1. The van der Waals surface area contributed by atoms with Crippen LogP contribution in [0.2, 0.25) is 0 Å². The van der Waals surface area contributed by atoms with E-state index in [0.29, 0.717) is 6.10 Å². The molecule has 2 aliphatic rings. The average Bonchev–Trinajstić information content (AvgIpc) is 3.10. The van der Waals surface area contributed by atoms with E-state index in [1.54, 1.807) is 7.11 Å². The van der Waals surface area contributed by atoms with Crippen molar-refractivity contribution in [1.82, 2.24) is 4.90 Å². The van der Waals surface area contributed by atoms with Crippen LogP contribution in [-0.2, 0) is 24.2 Å². The van der Waals surface area contributed by atoms with E-state index in [-0.39, 0.29) is 0 Å².